The van der Waals surface area contributed by atoms with Crippen LogP contribution in [0.4, 0.5) is 4.39 Å². The minimum Gasteiger partial charge on any atom is -0.480 e. The maximum Gasteiger partial charge on any atom is 0.321 e. The first-order valence-electron chi connectivity index (χ1n) is 5.62. The van der Waals surface area contributed by atoms with Crippen LogP contribution in [0.5, 0.6) is 0 Å². The van der Waals surface area contributed by atoms with Crippen LogP contribution in [0.15, 0.2) is 23.1 Å². The molecule has 0 fully saturated rings. The number of nitrogens with one attached hydrogen (secondary N) is 1. The van der Waals surface area contributed by atoms with E-state index < -0.39 is 43.7 Å². The predicted molar refractivity (Wildman–Crippen MR) is 71.6 cm³/mol. The van der Waals surface area contributed by atoms with Gasteiger partial charge in [-0.2, -0.15) is 4.72 Å². The number of carboxylic acid groups (broad SMARTS) is 1. The normalized spacial score (nSPS) is 12.9. The molecule has 0 heterocycles. The quantitative estimate of drug-likeness (QED) is 0.666. The van der Waals surface area contributed by atoms with Gasteiger partial charge in [-0.15, -0.1) is 0 Å². The number of primary amides is 1. The number of hydrogen-bond acceptors (Lipinski definition) is 4. The van der Waals surface area contributed by atoms with Crippen molar-refractivity contribution in [3.05, 3.63) is 29.0 Å². The van der Waals surface area contributed by atoms with E-state index in [0.29, 0.717) is 0 Å². The van der Waals surface area contributed by atoms with Crippen LogP contribution in [0.25, 0.3) is 0 Å². The highest BCUT2D eigenvalue weighted by Crippen LogP contribution is 2.22. The third-order valence-electron chi connectivity index (χ3n) is 2.48. The van der Waals surface area contributed by atoms with Gasteiger partial charge in [0, 0.05) is 6.42 Å². The minimum atomic E-state index is -4.45. The molecular weight excluding hydrogens is 327 g/mol. The zero-order valence-electron chi connectivity index (χ0n) is 10.5. The largest absolute Gasteiger partial charge is 0.480 e. The highest BCUT2D eigenvalue weighted by Gasteiger charge is 2.28. The van der Waals surface area contributed by atoms with E-state index in [4.69, 9.17) is 22.4 Å². The van der Waals surface area contributed by atoms with Gasteiger partial charge in [0.05, 0.1) is 5.02 Å². The number of benzene rings is 1. The van der Waals surface area contributed by atoms with Crippen LogP contribution in [0.2, 0.25) is 5.02 Å². The molecule has 1 amide bonds. The molecule has 0 bridgehead atoms. The summed E-state index contributed by atoms with van der Waals surface area (Å²) < 4.78 is 39.4. The minimum absolute atomic E-state index is 0.336. The first kappa shape index (κ1) is 17.3. The molecule has 21 heavy (non-hydrogen) atoms. The summed E-state index contributed by atoms with van der Waals surface area (Å²) in [6.07, 6.45) is -0.691. The summed E-state index contributed by atoms with van der Waals surface area (Å²) in [5, 5.41) is 8.51. The molecule has 1 atom stereocenters. The summed E-state index contributed by atoms with van der Waals surface area (Å²) in [7, 11) is -4.45. The first-order valence-corrected chi connectivity index (χ1v) is 7.48. The number of carbonyl (C=O) groups is 2. The van der Waals surface area contributed by atoms with E-state index in [2.05, 4.69) is 0 Å². The molecule has 0 spiro atoms. The Morgan fingerprint density at radius 1 is 1.43 bits per heavy atom. The molecule has 0 aliphatic heterocycles. The molecule has 0 radical (unpaired) electrons. The molecular formula is C11H12ClFN2O5S. The Kier molecular flexibility index (Phi) is 5.64. The first-order chi connectivity index (χ1) is 9.65. The Hall–Kier alpha value is -1.71. The Labute approximate surface area is 124 Å². The van der Waals surface area contributed by atoms with Crippen LogP contribution in [0.3, 0.4) is 0 Å². The van der Waals surface area contributed by atoms with Gasteiger partial charge in [-0.1, -0.05) is 17.7 Å². The SMILES string of the molecule is NC(=O)CC[C@H](NS(=O)(=O)c1cccc(Cl)c1F)C(=O)O. The van der Waals surface area contributed by atoms with Crippen molar-refractivity contribution in [2.45, 2.75) is 23.8 Å². The summed E-state index contributed by atoms with van der Waals surface area (Å²) >= 11 is 5.48. The second kappa shape index (κ2) is 6.83. The number of amides is 1. The molecule has 0 saturated heterocycles. The Bertz CT molecular complexity index is 665. The number of aliphatic carboxylic acids is 1. The molecule has 10 heteroatoms. The van der Waals surface area contributed by atoms with Crippen LogP contribution < -0.4 is 10.5 Å². The van der Waals surface area contributed by atoms with Gasteiger partial charge in [-0.3, -0.25) is 9.59 Å². The van der Waals surface area contributed by atoms with E-state index in [-0.39, 0.29) is 12.8 Å². The van der Waals surface area contributed by atoms with Gasteiger partial charge in [0.15, 0.2) is 5.82 Å². The lowest BCUT2D eigenvalue weighted by atomic mass is 10.2. The zero-order valence-corrected chi connectivity index (χ0v) is 12.1. The summed E-state index contributed by atoms with van der Waals surface area (Å²) in [4.78, 5) is 20.8. The Balaban J connectivity index is 3.03. The van der Waals surface area contributed by atoms with E-state index in [0.717, 1.165) is 12.1 Å². The van der Waals surface area contributed by atoms with Crippen molar-refractivity contribution in [3.8, 4) is 0 Å². The molecule has 1 rings (SSSR count). The number of carboxylic acids is 1. The number of halogens is 2. The molecule has 0 unspecified atom stereocenters. The standard InChI is InChI=1S/C11H12ClFN2O5S/c12-6-2-1-3-8(10(6)13)21(19,20)15-7(11(17)18)4-5-9(14)16/h1-3,7,15H,4-5H2,(H2,14,16)(H,17,18)/t7-/m0/s1. The molecule has 0 aliphatic rings. The number of nitrogens with two attached hydrogens (primary N) is 1. The van der Waals surface area contributed by atoms with E-state index >= 15 is 0 Å². The van der Waals surface area contributed by atoms with Crippen LogP contribution in [-0.4, -0.2) is 31.4 Å². The fraction of sp³-hybridized carbons (Fsp3) is 0.273. The van der Waals surface area contributed by atoms with Crippen molar-refractivity contribution >= 4 is 33.5 Å². The summed E-state index contributed by atoms with van der Waals surface area (Å²) in [6.45, 7) is 0. The zero-order chi connectivity index (χ0) is 16.2. The average molecular weight is 339 g/mol. The number of hydrogen-bond donors (Lipinski definition) is 3. The van der Waals surface area contributed by atoms with Gasteiger partial charge < -0.3 is 10.8 Å². The monoisotopic (exact) mass is 338 g/mol. The van der Waals surface area contributed by atoms with Crippen molar-refractivity contribution in [2.75, 3.05) is 0 Å². The smallest absolute Gasteiger partial charge is 0.321 e. The van der Waals surface area contributed by atoms with Crippen molar-refractivity contribution in [2.24, 2.45) is 5.73 Å². The van der Waals surface area contributed by atoms with Crippen molar-refractivity contribution in [1.82, 2.24) is 4.72 Å². The van der Waals surface area contributed by atoms with Crippen LogP contribution in [0.1, 0.15) is 12.8 Å². The second-order valence-electron chi connectivity index (χ2n) is 4.07. The molecule has 1 aromatic carbocycles. The maximum atomic E-state index is 13.7. The van der Waals surface area contributed by atoms with Crippen LogP contribution in [-0.2, 0) is 19.6 Å². The topological polar surface area (TPSA) is 127 Å². The maximum absolute atomic E-state index is 13.7. The van der Waals surface area contributed by atoms with Crippen LogP contribution in [0, 0.1) is 5.82 Å². The molecule has 0 aromatic heterocycles. The lowest BCUT2D eigenvalue weighted by molar-refractivity contribution is -0.139. The number of rotatable bonds is 7. The second-order valence-corrected chi connectivity index (χ2v) is 6.16. The van der Waals surface area contributed by atoms with Gasteiger partial charge >= 0.3 is 5.97 Å². The summed E-state index contributed by atoms with van der Waals surface area (Å²) in [5.74, 6) is -3.48. The predicted octanol–water partition coefficient (Wildman–Crippen LogP) is 0.476. The molecule has 0 aliphatic carbocycles. The lowest BCUT2D eigenvalue weighted by Gasteiger charge is -2.14. The van der Waals surface area contributed by atoms with E-state index in [1.54, 1.807) is 4.72 Å². The van der Waals surface area contributed by atoms with Gasteiger partial charge in [-0.25, -0.2) is 12.8 Å². The molecule has 7 nitrogen and oxygen atoms in total. The number of sulfonamides is 1. The Morgan fingerprint density at radius 3 is 2.57 bits per heavy atom. The molecule has 1 aromatic rings. The average Bonchev–Trinajstić information content (AvgIpc) is 2.37. The highest BCUT2D eigenvalue weighted by molar-refractivity contribution is 7.89. The molecule has 116 valence electrons. The van der Waals surface area contributed by atoms with E-state index in [9.17, 15) is 22.4 Å². The molecule has 0 saturated carbocycles. The van der Waals surface area contributed by atoms with Gasteiger partial charge in [0.1, 0.15) is 10.9 Å². The lowest BCUT2D eigenvalue weighted by Crippen LogP contribution is -2.41. The molecule has 4 N–H and O–H groups in total. The van der Waals surface area contributed by atoms with Crippen LogP contribution >= 0.6 is 11.6 Å². The van der Waals surface area contributed by atoms with E-state index in [1.807, 2.05) is 0 Å². The number of carbonyl (C=O) groups excluding carboxylic acids is 1. The van der Waals surface area contributed by atoms with Gasteiger partial charge in [-0.05, 0) is 18.6 Å². The third kappa shape index (κ3) is 4.66. The fourth-order valence-electron chi connectivity index (χ4n) is 1.46. The van der Waals surface area contributed by atoms with E-state index in [1.165, 1.54) is 6.07 Å². The van der Waals surface area contributed by atoms with Crippen molar-refractivity contribution < 1.29 is 27.5 Å². The van der Waals surface area contributed by atoms with Crippen molar-refractivity contribution in [1.29, 1.82) is 0 Å². The third-order valence-corrected chi connectivity index (χ3v) is 4.26. The Morgan fingerprint density at radius 2 is 2.05 bits per heavy atom. The summed E-state index contributed by atoms with van der Waals surface area (Å²) in [5.41, 5.74) is 4.87. The fourth-order valence-corrected chi connectivity index (χ4v) is 3.02. The highest BCUT2D eigenvalue weighted by atomic mass is 35.5. The van der Waals surface area contributed by atoms with Crippen molar-refractivity contribution in [3.63, 3.8) is 0 Å². The summed E-state index contributed by atoms with van der Waals surface area (Å²) in [6, 6.07) is 1.69. The van der Waals surface area contributed by atoms with Gasteiger partial charge in [0.2, 0.25) is 15.9 Å². The van der Waals surface area contributed by atoms with Gasteiger partial charge in [0.25, 0.3) is 0 Å².